The number of hydrogen-bond acceptors (Lipinski definition) is 7. The fraction of sp³-hybridized carbons (Fsp3) is 0.242. The Morgan fingerprint density at radius 2 is 1.38 bits per heavy atom. The first-order valence-electron chi connectivity index (χ1n) is 14.1. The number of aromatic hydroxyl groups is 1. The average Bonchev–Trinajstić information content (AvgIpc) is 3.01. The van der Waals surface area contributed by atoms with Gasteiger partial charge < -0.3 is 30.4 Å². The third-order valence-electron chi connectivity index (χ3n) is 6.95. The van der Waals surface area contributed by atoms with Gasteiger partial charge in [0.2, 0.25) is 5.91 Å². The molecule has 4 N–H and O–H groups in total. The van der Waals surface area contributed by atoms with Gasteiger partial charge in [-0.1, -0.05) is 0 Å². The van der Waals surface area contributed by atoms with Crippen LogP contribution in [-0.2, 0) is 14.4 Å². The third kappa shape index (κ3) is 11.0. The standard InChI is InChI=1S/C29H30FN3O4.C4H4O4/c1-20(34)31-25-8-4-23(5-9-25)29(37)33(26-10-12-27(35)13-11-26)19-18-32-16-14-22(15-17-32)28(36)21-2-6-24(30)7-3-21;5-3(6)1-2-4(7)8/h2-13,22,35H,14-19H2,1H3,(H,31,34);1-2H,(H,5,6)(H,7,8)/b;2-1+. The van der Waals surface area contributed by atoms with E-state index in [2.05, 4.69) is 10.2 Å². The average molecular weight is 620 g/mol. The summed E-state index contributed by atoms with van der Waals surface area (Å²) in [6.45, 7) is 3.91. The minimum absolute atomic E-state index is 0.0447. The van der Waals surface area contributed by atoms with Crippen LogP contribution in [0.15, 0.2) is 84.9 Å². The lowest BCUT2D eigenvalue weighted by Crippen LogP contribution is -2.42. The topological polar surface area (TPSA) is 165 Å². The zero-order valence-corrected chi connectivity index (χ0v) is 24.6. The molecule has 0 aliphatic carbocycles. The lowest BCUT2D eigenvalue weighted by atomic mass is 9.89. The van der Waals surface area contributed by atoms with Gasteiger partial charge in [0.25, 0.3) is 5.91 Å². The number of carbonyl (C=O) groups excluding carboxylic acids is 3. The van der Waals surface area contributed by atoms with E-state index in [0.717, 1.165) is 13.1 Å². The number of amides is 2. The Hall–Kier alpha value is -5.36. The van der Waals surface area contributed by atoms with Crippen molar-refractivity contribution in [1.82, 2.24) is 4.90 Å². The molecule has 3 aromatic rings. The number of piperidine rings is 1. The molecule has 0 unspecified atom stereocenters. The van der Waals surface area contributed by atoms with Crippen LogP contribution in [0, 0.1) is 11.7 Å². The Labute approximate surface area is 259 Å². The van der Waals surface area contributed by atoms with Crippen LogP contribution in [0.25, 0.3) is 0 Å². The van der Waals surface area contributed by atoms with Crippen LogP contribution in [0.5, 0.6) is 5.75 Å². The van der Waals surface area contributed by atoms with E-state index in [0.29, 0.717) is 60.6 Å². The predicted molar refractivity (Wildman–Crippen MR) is 165 cm³/mol. The predicted octanol–water partition coefficient (Wildman–Crippen LogP) is 4.44. The smallest absolute Gasteiger partial charge is 0.328 e. The van der Waals surface area contributed by atoms with Crippen LogP contribution in [0.1, 0.15) is 40.5 Å². The molecule has 11 nitrogen and oxygen atoms in total. The van der Waals surface area contributed by atoms with Crippen molar-refractivity contribution in [3.05, 3.63) is 102 Å². The molecule has 1 aliphatic heterocycles. The summed E-state index contributed by atoms with van der Waals surface area (Å²) in [6, 6.07) is 18.9. The molecule has 45 heavy (non-hydrogen) atoms. The minimum atomic E-state index is -1.26. The second-order valence-electron chi connectivity index (χ2n) is 10.2. The van der Waals surface area contributed by atoms with Crippen LogP contribution < -0.4 is 10.2 Å². The third-order valence-corrected chi connectivity index (χ3v) is 6.95. The first-order valence-corrected chi connectivity index (χ1v) is 14.1. The maximum Gasteiger partial charge on any atom is 0.328 e. The van der Waals surface area contributed by atoms with Crippen molar-refractivity contribution in [2.45, 2.75) is 19.8 Å². The summed E-state index contributed by atoms with van der Waals surface area (Å²) < 4.78 is 13.2. The number of carboxylic acid groups (broad SMARTS) is 2. The van der Waals surface area contributed by atoms with E-state index in [1.807, 2.05) is 0 Å². The van der Waals surface area contributed by atoms with E-state index < -0.39 is 11.9 Å². The number of Topliss-reactive ketones (excluding diaryl/α,β-unsaturated/α-hetero) is 1. The molecule has 12 heteroatoms. The number of rotatable bonds is 10. The van der Waals surface area contributed by atoms with Crippen molar-refractivity contribution in [3.63, 3.8) is 0 Å². The molecular formula is C33H34FN3O8. The molecule has 0 radical (unpaired) electrons. The first-order chi connectivity index (χ1) is 21.4. The van der Waals surface area contributed by atoms with Crippen LogP contribution in [-0.4, -0.2) is 75.9 Å². The van der Waals surface area contributed by atoms with Gasteiger partial charge >= 0.3 is 11.9 Å². The molecule has 0 bridgehead atoms. The van der Waals surface area contributed by atoms with Crippen molar-refractivity contribution >= 4 is 40.9 Å². The van der Waals surface area contributed by atoms with Gasteiger partial charge in [0, 0.05) is 60.6 Å². The van der Waals surface area contributed by atoms with Gasteiger partial charge in [0.15, 0.2) is 5.78 Å². The number of phenols is 1. The highest BCUT2D eigenvalue weighted by molar-refractivity contribution is 6.06. The van der Waals surface area contributed by atoms with Crippen molar-refractivity contribution in [2.75, 3.05) is 36.4 Å². The number of carboxylic acids is 2. The Balaban J connectivity index is 0.000000610. The van der Waals surface area contributed by atoms with Gasteiger partial charge in [-0.2, -0.15) is 0 Å². The van der Waals surface area contributed by atoms with Gasteiger partial charge in [-0.15, -0.1) is 0 Å². The fourth-order valence-corrected chi connectivity index (χ4v) is 4.69. The quantitative estimate of drug-likeness (QED) is 0.190. The Morgan fingerprint density at radius 3 is 1.89 bits per heavy atom. The number of nitrogens with zero attached hydrogens (tertiary/aromatic N) is 2. The maximum absolute atomic E-state index is 13.4. The van der Waals surface area contributed by atoms with Gasteiger partial charge in [-0.05, 0) is 98.7 Å². The second kappa shape index (κ2) is 16.5. The molecule has 0 atom stereocenters. The lowest BCUT2D eigenvalue weighted by Gasteiger charge is -2.33. The zero-order chi connectivity index (χ0) is 32.9. The highest BCUT2D eigenvalue weighted by Gasteiger charge is 2.27. The Morgan fingerprint density at radius 1 is 0.844 bits per heavy atom. The number of phenolic OH excluding ortho intramolecular Hbond substituents is 1. The Kier molecular flexibility index (Phi) is 12.5. The maximum atomic E-state index is 13.4. The number of aliphatic carboxylic acids is 2. The van der Waals surface area contributed by atoms with E-state index in [1.165, 1.54) is 31.2 Å². The highest BCUT2D eigenvalue weighted by atomic mass is 19.1. The number of hydrogen-bond donors (Lipinski definition) is 4. The van der Waals surface area contributed by atoms with Gasteiger partial charge in [0.1, 0.15) is 11.6 Å². The molecule has 0 aromatic heterocycles. The number of halogens is 1. The molecule has 1 saturated heterocycles. The summed E-state index contributed by atoms with van der Waals surface area (Å²) >= 11 is 0. The molecule has 1 heterocycles. The van der Waals surface area contributed by atoms with E-state index >= 15 is 0 Å². The lowest BCUT2D eigenvalue weighted by molar-refractivity contribution is -0.134. The van der Waals surface area contributed by atoms with Crippen molar-refractivity contribution in [2.24, 2.45) is 5.92 Å². The number of carbonyl (C=O) groups is 5. The normalized spacial score (nSPS) is 13.4. The molecule has 3 aromatic carbocycles. The summed E-state index contributed by atoms with van der Waals surface area (Å²) in [7, 11) is 0. The van der Waals surface area contributed by atoms with Crippen molar-refractivity contribution in [1.29, 1.82) is 0 Å². The van der Waals surface area contributed by atoms with E-state index in [-0.39, 0.29) is 35.1 Å². The SMILES string of the molecule is CC(=O)Nc1ccc(C(=O)N(CCN2CCC(C(=O)c3ccc(F)cc3)CC2)c2ccc(O)cc2)cc1.O=C(O)/C=C/C(=O)O. The summed E-state index contributed by atoms with van der Waals surface area (Å²) in [4.78, 5) is 60.5. The molecule has 0 saturated carbocycles. The van der Waals surface area contributed by atoms with E-state index in [4.69, 9.17) is 10.2 Å². The van der Waals surface area contributed by atoms with Crippen LogP contribution in [0.2, 0.25) is 0 Å². The van der Waals surface area contributed by atoms with E-state index in [1.54, 1.807) is 53.4 Å². The number of ketones is 1. The van der Waals surface area contributed by atoms with Gasteiger partial charge in [-0.3, -0.25) is 14.4 Å². The van der Waals surface area contributed by atoms with Crippen LogP contribution in [0.4, 0.5) is 15.8 Å². The molecule has 4 rings (SSSR count). The van der Waals surface area contributed by atoms with Crippen molar-refractivity contribution < 1.29 is 43.7 Å². The largest absolute Gasteiger partial charge is 0.508 e. The first kappa shape index (κ1) is 34.1. The van der Waals surface area contributed by atoms with E-state index in [9.17, 15) is 33.5 Å². The molecule has 1 aliphatic rings. The van der Waals surface area contributed by atoms with Crippen LogP contribution >= 0.6 is 0 Å². The highest BCUT2D eigenvalue weighted by Crippen LogP contribution is 2.24. The molecule has 0 spiro atoms. The molecular weight excluding hydrogens is 585 g/mol. The number of benzene rings is 3. The summed E-state index contributed by atoms with van der Waals surface area (Å²) in [5.41, 5.74) is 2.28. The summed E-state index contributed by atoms with van der Waals surface area (Å²) in [5, 5.41) is 28.0. The minimum Gasteiger partial charge on any atom is -0.508 e. The number of likely N-dealkylation sites (tertiary alicyclic amines) is 1. The molecule has 1 fully saturated rings. The molecule has 236 valence electrons. The van der Waals surface area contributed by atoms with Crippen molar-refractivity contribution in [3.8, 4) is 5.75 Å². The van der Waals surface area contributed by atoms with Crippen LogP contribution in [0.3, 0.4) is 0 Å². The zero-order valence-electron chi connectivity index (χ0n) is 24.6. The monoisotopic (exact) mass is 619 g/mol. The Bertz CT molecular complexity index is 1500. The molecule has 2 amide bonds. The van der Waals surface area contributed by atoms with Gasteiger partial charge in [0.05, 0.1) is 0 Å². The number of anilines is 2. The fourth-order valence-electron chi connectivity index (χ4n) is 4.69. The number of nitrogens with one attached hydrogen (secondary N) is 1. The van der Waals surface area contributed by atoms with Gasteiger partial charge in [-0.25, -0.2) is 14.0 Å². The second-order valence-corrected chi connectivity index (χ2v) is 10.2. The summed E-state index contributed by atoms with van der Waals surface area (Å²) in [5.74, 6) is -3.19. The summed E-state index contributed by atoms with van der Waals surface area (Å²) in [6.07, 6.45) is 2.52.